The third kappa shape index (κ3) is 5.14. The molecule has 0 aliphatic carbocycles. The Bertz CT molecular complexity index is 1890. The monoisotopic (exact) mass is 749 g/mol. The summed E-state index contributed by atoms with van der Waals surface area (Å²) in [6, 6.07) is 33.1. The van der Waals surface area contributed by atoms with E-state index >= 15 is 0 Å². The molecule has 0 fully saturated rings. The molecule has 0 spiro atoms. The number of pyridine rings is 2. The second kappa shape index (κ2) is 11.6. The number of para-hydroxylation sites is 1. The van der Waals surface area contributed by atoms with Crippen LogP contribution in [0, 0.1) is 6.07 Å². The Hall–Kier alpha value is -3.53. The molecule has 0 amide bonds. The van der Waals surface area contributed by atoms with Crippen LogP contribution in [0.15, 0.2) is 91.1 Å². The maximum Gasteiger partial charge on any atom is 0.143 e. The zero-order valence-electron chi connectivity index (χ0n) is 24.9. The van der Waals surface area contributed by atoms with Crippen LogP contribution in [0.25, 0.3) is 38.9 Å². The van der Waals surface area contributed by atoms with E-state index in [9.17, 15) is 5.11 Å². The van der Waals surface area contributed by atoms with Gasteiger partial charge in [-0.3, -0.25) is 14.5 Å². The molecule has 0 bridgehead atoms. The zero-order chi connectivity index (χ0) is 28.9. The summed E-state index contributed by atoms with van der Waals surface area (Å²) in [6.07, 6.45) is 1.87. The van der Waals surface area contributed by atoms with E-state index in [0.717, 1.165) is 49.8 Å². The first-order valence-corrected chi connectivity index (χ1v) is 17.4. The van der Waals surface area contributed by atoms with Crippen molar-refractivity contribution in [3.05, 3.63) is 108 Å². The Labute approximate surface area is 263 Å². The molecule has 0 saturated carbocycles. The van der Waals surface area contributed by atoms with Gasteiger partial charge in [0.1, 0.15) is 19.5 Å². The number of phenolic OH excluding ortho intramolecular Hbond substituents is 1. The molecule has 0 aliphatic heterocycles. The molecule has 1 N–H and O–H groups in total. The second-order valence-electron chi connectivity index (χ2n) is 12.0. The molecule has 0 unspecified atom stereocenters. The molecule has 3 heterocycles. The Morgan fingerprint density at radius 2 is 1.57 bits per heavy atom. The summed E-state index contributed by atoms with van der Waals surface area (Å²) in [5.74, 6) is 0.830. The first-order valence-electron chi connectivity index (χ1n) is 14.4. The minimum absolute atomic E-state index is 0. The first kappa shape index (κ1) is 29.9. The minimum Gasteiger partial charge on any atom is -0.505 e. The van der Waals surface area contributed by atoms with Crippen LogP contribution < -0.4 is 10.5 Å². The van der Waals surface area contributed by atoms with Gasteiger partial charge in [-0.15, -0.1) is 35.0 Å². The molecular weight excluding hydrogens is 714 g/mol. The number of aromatic hydroxyl groups is 1. The Kier molecular flexibility index (Phi) is 8.29. The van der Waals surface area contributed by atoms with Crippen molar-refractivity contribution < 1.29 is 26.2 Å². The third-order valence-corrected chi connectivity index (χ3v) is 11.5. The summed E-state index contributed by atoms with van der Waals surface area (Å²) < 4.78 is 2.14. The van der Waals surface area contributed by atoms with Gasteiger partial charge in [-0.05, 0) is 52.9 Å². The van der Waals surface area contributed by atoms with Crippen molar-refractivity contribution >= 4 is 40.5 Å². The number of rotatable bonds is 6. The zero-order valence-corrected chi connectivity index (χ0v) is 28.2. The molecular formula is C36H36N3OPtSi-. The van der Waals surface area contributed by atoms with Crippen LogP contribution in [-0.2, 0) is 21.1 Å². The molecule has 6 rings (SSSR count). The van der Waals surface area contributed by atoms with Crippen LogP contribution in [0.2, 0.25) is 13.1 Å². The number of hydrogen-bond donors (Lipinski definition) is 1. The topological polar surface area (TPSA) is 50.9 Å². The fraction of sp³-hybridized carbons (Fsp3) is 0.222. The number of fused-ring (bicyclic) bond motifs is 3. The summed E-state index contributed by atoms with van der Waals surface area (Å²) in [4.78, 5) is 9.95. The van der Waals surface area contributed by atoms with E-state index < -0.39 is 8.07 Å². The van der Waals surface area contributed by atoms with Gasteiger partial charge in [0.25, 0.3) is 0 Å². The van der Waals surface area contributed by atoms with Crippen molar-refractivity contribution in [3.63, 3.8) is 0 Å². The standard InChI is InChI=1S/C36H36N3OSi.Pt/c1-23(2)26-21-30(24(3)4)35(40)33(22-26)39-32-15-8-7-14-28(32)29-17-18-31(38-36(29)39)25-12-11-13-27(20-25)41(5,6)34-16-9-10-19-37-34;/h7-19,21-24,40H,1-6H3;/q-1;. The Balaban J connectivity index is 0.00000353. The number of phenols is 1. The molecule has 42 heavy (non-hydrogen) atoms. The van der Waals surface area contributed by atoms with Crippen molar-refractivity contribution in [2.24, 2.45) is 0 Å². The van der Waals surface area contributed by atoms with Gasteiger partial charge in [0, 0.05) is 43.4 Å². The van der Waals surface area contributed by atoms with Crippen molar-refractivity contribution in [1.29, 1.82) is 0 Å². The summed E-state index contributed by atoms with van der Waals surface area (Å²) >= 11 is 0. The second-order valence-corrected chi connectivity index (χ2v) is 16.3. The van der Waals surface area contributed by atoms with E-state index in [-0.39, 0.29) is 27.0 Å². The average molecular weight is 750 g/mol. The van der Waals surface area contributed by atoms with Gasteiger partial charge in [-0.2, -0.15) is 0 Å². The normalized spacial score (nSPS) is 11.9. The number of nitrogens with zero attached hydrogens (tertiary/aromatic N) is 3. The van der Waals surface area contributed by atoms with Crippen LogP contribution >= 0.6 is 0 Å². The van der Waals surface area contributed by atoms with Gasteiger partial charge >= 0.3 is 0 Å². The molecule has 0 atom stereocenters. The maximum absolute atomic E-state index is 11.6. The minimum atomic E-state index is -2.04. The Morgan fingerprint density at radius 3 is 2.29 bits per heavy atom. The van der Waals surface area contributed by atoms with E-state index in [1.165, 1.54) is 10.8 Å². The molecule has 0 saturated heterocycles. The summed E-state index contributed by atoms with van der Waals surface area (Å²) in [5, 5.41) is 16.1. The molecule has 4 nitrogen and oxygen atoms in total. The average Bonchev–Trinajstić information content (AvgIpc) is 3.31. The SMILES string of the molecule is CC(C)c1cc(C(C)C)c(O)c(-n2c3ccccc3c3ccc(-c4[c-]c([Si](C)(C)c5ccccn5)ccc4)nc32)c1.[Pt]. The predicted octanol–water partition coefficient (Wildman–Crippen LogP) is 7.81. The predicted molar refractivity (Wildman–Crippen MR) is 174 cm³/mol. The smallest absolute Gasteiger partial charge is 0.143 e. The van der Waals surface area contributed by atoms with Crippen LogP contribution in [0.1, 0.15) is 50.7 Å². The van der Waals surface area contributed by atoms with E-state index in [1.54, 1.807) is 0 Å². The van der Waals surface area contributed by atoms with E-state index in [2.05, 4.69) is 129 Å². The van der Waals surface area contributed by atoms with Gasteiger partial charge < -0.3 is 5.11 Å². The van der Waals surface area contributed by atoms with Crippen LogP contribution in [0.4, 0.5) is 0 Å². The van der Waals surface area contributed by atoms with Crippen molar-refractivity contribution in [1.82, 2.24) is 14.5 Å². The summed E-state index contributed by atoms with van der Waals surface area (Å²) in [7, 11) is -2.04. The van der Waals surface area contributed by atoms with E-state index in [4.69, 9.17) is 4.98 Å². The van der Waals surface area contributed by atoms with Crippen molar-refractivity contribution in [2.45, 2.75) is 52.6 Å². The third-order valence-electron chi connectivity index (χ3n) is 8.24. The van der Waals surface area contributed by atoms with E-state index in [0.29, 0.717) is 11.7 Å². The van der Waals surface area contributed by atoms with Crippen LogP contribution in [0.5, 0.6) is 5.75 Å². The van der Waals surface area contributed by atoms with Gasteiger partial charge in [0.05, 0.1) is 11.2 Å². The fourth-order valence-corrected chi connectivity index (χ4v) is 7.84. The van der Waals surface area contributed by atoms with Gasteiger partial charge in [-0.1, -0.05) is 83.3 Å². The fourth-order valence-electron chi connectivity index (χ4n) is 5.69. The molecule has 6 aromatic rings. The summed E-state index contributed by atoms with van der Waals surface area (Å²) in [5.41, 5.74) is 6.60. The van der Waals surface area contributed by atoms with Gasteiger partial charge in [0.15, 0.2) is 0 Å². The van der Waals surface area contributed by atoms with Gasteiger partial charge in [0.2, 0.25) is 0 Å². The number of benzene rings is 3. The van der Waals surface area contributed by atoms with Gasteiger partial charge in [-0.25, -0.2) is 0 Å². The molecule has 0 aliphatic rings. The molecule has 216 valence electrons. The van der Waals surface area contributed by atoms with Crippen molar-refractivity contribution in [2.75, 3.05) is 0 Å². The molecule has 3 aromatic heterocycles. The number of aromatic nitrogens is 3. The molecule has 3 aromatic carbocycles. The molecule has 6 heteroatoms. The first-order chi connectivity index (χ1) is 19.7. The quantitative estimate of drug-likeness (QED) is 0.140. The maximum atomic E-state index is 11.6. The largest absolute Gasteiger partial charge is 0.505 e. The Morgan fingerprint density at radius 1 is 0.810 bits per heavy atom. The van der Waals surface area contributed by atoms with Crippen LogP contribution in [0.3, 0.4) is 0 Å². The van der Waals surface area contributed by atoms with Crippen molar-refractivity contribution in [3.8, 4) is 22.7 Å². The number of hydrogen-bond acceptors (Lipinski definition) is 3. The summed E-state index contributed by atoms with van der Waals surface area (Å²) in [6.45, 7) is 13.3. The van der Waals surface area contributed by atoms with E-state index in [1.807, 2.05) is 18.3 Å². The van der Waals surface area contributed by atoms with Crippen LogP contribution in [-0.4, -0.2) is 27.7 Å². The molecule has 0 radical (unpaired) electrons.